The zero-order valence-corrected chi connectivity index (χ0v) is 16.8. The number of hydrogen-bond donors (Lipinski definition) is 1. The third-order valence-electron chi connectivity index (χ3n) is 5.38. The Balaban J connectivity index is 1.41. The van der Waals surface area contributed by atoms with E-state index in [0.29, 0.717) is 12.5 Å². The molecule has 1 saturated heterocycles. The Labute approximate surface area is 167 Å². The van der Waals surface area contributed by atoms with Gasteiger partial charge in [0.25, 0.3) is 0 Å². The topological polar surface area (TPSA) is 50.8 Å². The molecule has 1 heterocycles. The maximum atomic E-state index is 12.2. The third-order valence-corrected chi connectivity index (χ3v) is 5.38. The molecule has 0 unspecified atom stereocenters. The van der Waals surface area contributed by atoms with E-state index in [4.69, 9.17) is 9.47 Å². The van der Waals surface area contributed by atoms with Crippen LogP contribution in [0.25, 0.3) is 0 Å². The van der Waals surface area contributed by atoms with E-state index >= 15 is 0 Å². The number of nitrogens with zero attached hydrogens (tertiary/aromatic N) is 1. The maximum Gasteiger partial charge on any atom is 0.238 e. The first-order chi connectivity index (χ1) is 13.7. The van der Waals surface area contributed by atoms with Crippen molar-refractivity contribution in [1.82, 2.24) is 4.90 Å². The number of para-hydroxylation sites is 1. The SMILES string of the molecule is COc1cc(CCC2CCN(CC(=O)Nc3ccccc3)CC2)cc(OC)c1. The Morgan fingerprint density at radius 2 is 1.68 bits per heavy atom. The van der Waals surface area contributed by atoms with Gasteiger partial charge in [-0.3, -0.25) is 9.69 Å². The highest BCUT2D eigenvalue weighted by molar-refractivity contribution is 5.92. The van der Waals surface area contributed by atoms with Crippen LogP contribution in [0.4, 0.5) is 5.69 Å². The molecule has 5 nitrogen and oxygen atoms in total. The van der Waals surface area contributed by atoms with Gasteiger partial charge in [0.15, 0.2) is 0 Å². The van der Waals surface area contributed by atoms with Crippen molar-refractivity contribution < 1.29 is 14.3 Å². The standard InChI is InChI=1S/C23H30N2O3/c1-27-21-14-19(15-22(16-21)28-2)9-8-18-10-12-25(13-11-18)17-23(26)24-20-6-4-3-5-7-20/h3-7,14-16,18H,8-13,17H2,1-2H3,(H,24,26). The highest BCUT2D eigenvalue weighted by Gasteiger charge is 2.21. The molecule has 1 N–H and O–H groups in total. The van der Waals surface area contributed by atoms with Gasteiger partial charge in [-0.25, -0.2) is 0 Å². The zero-order valence-electron chi connectivity index (χ0n) is 16.8. The fourth-order valence-corrected chi connectivity index (χ4v) is 3.74. The minimum atomic E-state index is 0.0631. The molecular weight excluding hydrogens is 352 g/mol. The van der Waals surface area contributed by atoms with Gasteiger partial charge in [0.1, 0.15) is 11.5 Å². The summed E-state index contributed by atoms with van der Waals surface area (Å²) in [5.74, 6) is 2.45. The van der Waals surface area contributed by atoms with Crippen LogP contribution in [0.3, 0.4) is 0 Å². The van der Waals surface area contributed by atoms with E-state index in [9.17, 15) is 4.79 Å². The lowest BCUT2D eigenvalue weighted by Gasteiger charge is -2.31. The molecule has 0 atom stereocenters. The number of anilines is 1. The average molecular weight is 383 g/mol. The van der Waals surface area contributed by atoms with Gasteiger partial charge in [-0.2, -0.15) is 0 Å². The summed E-state index contributed by atoms with van der Waals surface area (Å²) in [7, 11) is 3.37. The van der Waals surface area contributed by atoms with Gasteiger partial charge in [-0.15, -0.1) is 0 Å². The van der Waals surface area contributed by atoms with Crippen molar-refractivity contribution in [2.75, 3.05) is 39.2 Å². The molecule has 1 aliphatic heterocycles. The molecule has 2 aromatic carbocycles. The summed E-state index contributed by atoms with van der Waals surface area (Å²) in [4.78, 5) is 14.5. The number of ether oxygens (including phenoxy) is 2. The highest BCUT2D eigenvalue weighted by Crippen LogP contribution is 2.26. The molecule has 0 aliphatic carbocycles. The average Bonchev–Trinajstić information content (AvgIpc) is 2.73. The van der Waals surface area contributed by atoms with Crippen molar-refractivity contribution >= 4 is 11.6 Å². The van der Waals surface area contributed by atoms with Crippen LogP contribution >= 0.6 is 0 Å². The summed E-state index contributed by atoms with van der Waals surface area (Å²) < 4.78 is 10.7. The Morgan fingerprint density at radius 3 is 2.29 bits per heavy atom. The van der Waals surface area contributed by atoms with Crippen molar-refractivity contribution in [2.45, 2.75) is 25.7 Å². The monoisotopic (exact) mass is 382 g/mol. The van der Waals surface area contributed by atoms with E-state index in [-0.39, 0.29) is 5.91 Å². The van der Waals surface area contributed by atoms with Crippen molar-refractivity contribution in [3.63, 3.8) is 0 Å². The number of benzene rings is 2. The lowest BCUT2D eigenvalue weighted by atomic mass is 9.90. The molecule has 2 aromatic rings. The van der Waals surface area contributed by atoms with Gasteiger partial charge in [0.2, 0.25) is 5.91 Å². The summed E-state index contributed by atoms with van der Waals surface area (Å²) in [6, 6.07) is 15.7. The molecule has 0 saturated carbocycles. The second-order valence-corrected chi connectivity index (χ2v) is 7.39. The molecule has 0 radical (unpaired) electrons. The molecule has 0 aromatic heterocycles. The van der Waals surface area contributed by atoms with E-state index in [0.717, 1.165) is 56.0 Å². The van der Waals surface area contributed by atoms with E-state index in [1.165, 1.54) is 5.56 Å². The van der Waals surface area contributed by atoms with Gasteiger partial charge in [0.05, 0.1) is 20.8 Å². The number of piperidine rings is 1. The van der Waals surface area contributed by atoms with E-state index in [1.807, 2.05) is 36.4 Å². The smallest absolute Gasteiger partial charge is 0.238 e. The molecule has 5 heteroatoms. The van der Waals surface area contributed by atoms with Crippen LogP contribution in [0.1, 0.15) is 24.8 Å². The summed E-state index contributed by atoms with van der Waals surface area (Å²) in [5.41, 5.74) is 2.11. The van der Waals surface area contributed by atoms with Crippen LogP contribution in [0, 0.1) is 5.92 Å². The quantitative estimate of drug-likeness (QED) is 0.750. The molecule has 0 spiro atoms. The molecule has 1 fully saturated rings. The number of aryl methyl sites for hydroxylation is 1. The van der Waals surface area contributed by atoms with Crippen molar-refractivity contribution in [3.05, 3.63) is 54.1 Å². The van der Waals surface area contributed by atoms with Gasteiger partial charge < -0.3 is 14.8 Å². The van der Waals surface area contributed by atoms with Crippen LogP contribution in [0.2, 0.25) is 0 Å². The number of carbonyl (C=O) groups is 1. The van der Waals surface area contributed by atoms with Crippen LogP contribution < -0.4 is 14.8 Å². The molecule has 1 aliphatic rings. The third kappa shape index (κ3) is 5.99. The number of amides is 1. The largest absolute Gasteiger partial charge is 0.497 e. The summed E-state index contributed by atoms with van der Waals surface area (Å²) in [6.45, 7) is 2.43. The number of nitrogens with one attached hydrogen (secondary N) is 1. The normalized spacial score (nSPS) is 15.2. The maximum absolute atomic E-state index is 12.2. The van der Waals surface area contributed by atoms with E-state index < -0.39 is 0 Å². The Kier molecular flexibility index (Phi) is 7.31. The fraction of sp³-hybridized carbons (Fsp3) is 0.435. The predicted octanol–water partition coefficient (Wildman–Crippen LogP) is 3.99. The van der Waals surface area contributed by atoms with Crippen LogP contribution in [0.15, 0.2) is 48.5 Å². The summed E-state index contributed by atoms with van der Waals surface area (Å²) >= 11 is 0. The Morgan fingerprint density at radius 1 is 1.04 bits per heavy atom. The second kappa shape index (κ2) is 10.1. The van der Waals surface area contributed by atoms with Crippen molar-refractivity contribution in [3.8, 4) is 11.5 Å². The number of methoxy groups -OCH3 is 2. The van der Waals surface area contributed by atoms with E-state index in [2.05, 4.69) is 22.3 Å². The predicted molar refractivity (Wildman–Crippen MR) is 112 cm³/mol. The number of rotatable bonds is 8. The molecule has 28 heavy (non-hydrogen) atoms. The zero-order chi connectivity index (χ0) is 19.8. The number of carbonyl (C=O) groups excluding carboxylic acids is 1. The van der Waals surface area contributed by atoms with Gasteiger partial charge in [-0.1, -0.05) is 18.2 Å². The molecule has 150 valence electrons. The molecule has 0 bridgehead atoms. The molecular formula is C23H30N2O3. The molecule has 3 rings (SSSR count). The molecule has 1 amide bonds. The lowest BCUT2D eigenvalue weighted by Crippen LogP contribution is -2.39. The number of likely N-dealkylation sites (tertiary alicyclic amines) is 1. The van der Waals surface area contributed by atoms with E-state index in [1.54, 1.807) is 14.2 Å². The van der Waals surface area contributed by atoms with Crippen LogP contribution in [-0.4, -0.2) is 44.7 Å². The highest BCUT2D eigenvalue weighted by atomic mass is 16.5. The summed E-state index contributed by atoms with van der Waals surface area (Å²) in [5, 5.41) is 2.96. The first kappa shape index (κ1) is 20.2. The minimum absolute atomic E-state index is 0.0631. The van der Waals surface area contributed by atoms with Gasteiger partial charge in [0, 0.05) is 11.8 Å². The van der Waals surface area contributed by atoms with Crippen molar-refractivity contribution in [1.29, 1.82) is 0 Å². The number of hydrogen-bond acceptors (Lipinski definition) is 4. The Bertz CT molecular complexity index is 733. The second-order valence-electron chi connectivity index (χ2n) is 7.39. The fourth-order valence-electron chi connectivity index (χ4n) is 3.74. The minimum Gasteiger partial charge on any atom is -0.497 e. The van der Waals surface area contributed by atoms with Gasteiger partial charge >= 0.3 is 0 Å². The van der Waals surface area contributed by atoms with Crippen LogP contribution in [-0.2, 0) is 11.2 Å². The lowest BCUT2D eigenvalue weighted by molar-refractivity contribution is -0.117. The first-order valence-corrected chi connectivity index (χ1v) is 9.95. The van der Waals surface area contributed by atoms with Crippen LogP contribution in [0.5, 0.6) is 11.5 Å². The van der Waals surface area contributed by atoms with Crippen molar-refractivity contribution in [2.24, 2.45) is 5.92 Å². The first-order valence-electron chi connectivity index (χ1n) is 9.95. The van der Waals surface area contributed by atoms with Gasteiger partial charge in [-0.05, 0) is 74.5 Å². The Hall–Kier alpha value is -2.53. The summed E-state index contributed by atoms with van der Waals surface area (Å²) in [6.07, 6.45) is 4.45.